The second-order valence-electron chi connectivity index (χ2n) is 1.62. The second-order valence-corrected chi connectivity index (χ2v) is 1.62. The molecular formula is C6H10O4. The number of ether oxygens (including phenoxy) is 1. The Hall–Kier alpha value is -0.870. The molecule has 0 heterocycles. The highest BCUT2D eigenvalue weighted by Crippen LogP contribution is 1.97. The molecule has 4 nitrogen and oxygen atoms in total. The summed E-state index contributed by atoms with van der Waals surface area (Å²) in [6.45, 7) is 4.92. The summed E-state index contributed by atoms with van der Waals surface area (Å²) in [5.41, 5.74) is -0.346. The third kappa shape index (κ3) is 2.61. The van der Waals surface area contributed by atoms with Gasteiger partial charge in [0.15, 0.2) is 6.29 Å². The largest absolute Gasteiger partial charge is 0.463 e. The van der Waals surface area contributed by atoms with Gasteiger partial charge >= 0.3 is 5.97 Å². The van der Waals surface area contributed by atoms with E-state index in [4.69, 9.17) is 10.2 Å². The molecule has 0 radical (unpaired) electrons. The van der Waals surface area contributed by atoms with Crippen molar-refractivity contribution in [3.8, 4) is 0 Å². The maximum Gasteiger partial charge on any atom is 0.338 e. The van der Waals surface area contributed by atoms with Gasteiger partial charge in [-0.05, 0) is 6.92 Å². The first-order valence-corrected chi connectivity index (χ1v) is 2.81. The number of esters is 1. The molecular weight excluding hydrogens is 136 g/mol. The zero-order valence-electron chi connectivity index (χ0n) is 5.70. The summed E-state index contributed by atoms with van der Waals surface area (Å²) in [5.74, 6) is -0.780. The van der Waals surface area contributed by atoms with Crippen LogP contribution in [0.5, 0.6) is 0 Å². The molecule has 0 atom stereocenters. The summed E-state index contributed by atoms with van der Waals surface area (Å²) in [5, 5.41) is 16.7. The average Bonchev–Trinajstić information content (AvgIpc) is 1.87. The fourth-order valence-corrected chi connectivity index (χ4v) is 0.329. The van der Waals surface area contributed by atoms with Gasteiger partial charge in [-0.2, -0.15) is 0 Å². The van der Waals surface area contributed by atoms with Crippen molar-refractivity contribution >= 4 is 5.97 Å². The van der Waals surface area contributed by atoms with Crippen LogP contribution < -0.4 is 0 Å². The van der Waals surface area contributed by atoms with Crippen LogP contribution in [0.1, 0.15) is 6.92 Å². The molecule has 0 aromatic heterocycles. The summed E-state index contributed by atoms with van der Waals surface area (Å²) >= 11 is 0. The fourth-order valence-electron chi connectivity index (χ4n) is 0.329. The van der Waals surface area contributed by atoms with E-state index < -0.39 is 12.3 Å². The zero-order chi connectivity index (χ0) is 8.15. The minimum absolute atomic E-state index is 0.199. The summed E-state index contributed by atoms with van der Waals surface area (Å²) in [6, 6.07) is 0. The van der Waals surface area contributed by atoms with Crippen LogP contribution in [-0.2, 0) is 9.53 Å². The van der Waals surface area contributed by atoms with Crippen LogP contribution in [0.4, 0.5) is 0 Å². The molecule has 4 heteroatoms. The molecule has 0 aliphatic heterocycles. The predicted octanol–water partition coefficient (Wildman–Crippen LogP) is -0.584. The van der Waals surface area contributed by atoms with E-state index in [9.17, 15) is 4.79 Å². The monoisotopic (exact) mass is 146 g/mol. The average molecular weight is 146 g/mol. The lowest BCUT2D eigenvalue weighted by Gasteiger charge is -2.05. The molecule has 0 aromatic rings. The van der Waals surface area contributed by atoms with E-state index in [2.05, 4.69) is 11.3 Å². The van der Waals surface area contributed by atoms with Crippen molar-refractivity contribution in [2.45, 2.75) is 13.2 Å². The molecule has 0 amide bonds. The lowest BCUT2D eigenvalue weighted by Crippen LogP contribution is -2.18. The first-order chi connectivity index (χ1) is 4.59. The Morgan fingerprint density at radius 2 is 2.20 bits per heavy atom. The molecule has 0 aliphatic carbocycles. The number of aliphatic hydroxyl groups excluding tert-OH is 1. The van der Waals surface area contributed by atoms with E-state index in [1.54, 1.807) is 6.92 Å². The van der Waals surface area contributed by atoms with Gasteiger partial charge < -0.3 is 14.9 Å². The van der Waals surface area contributed by atoms with Crippen LogP contribution >= 0.6 is 0 Å². The lowest BCUT2D eigenvalue weighted by molar-refractivity contribution is -0.142. The molecule has 0 aromatic carbocycles. The Balaban J connectivity index is 3.83. The fraction of sp³-hybridized carbons (Fsp3) is 0.500. The van der Waals surface area contributed by atoms with Crippen molar-refractivity contribution in [2.24, 2.45) is 0 Å². The van der Waals surface area contributed by atoms with E-state index in [0.717, 1.165) is 0 Å². The molecule has 0 spiro atoms. The van der Waals surface area contributed by atoms with E-state index >= 15 is 0 Å². The molecule has 0 unspecified atom stereocenters. The van der Waals surface area contributed by atoms with E-state index in [1.165, 1.54) is 0 Å². The van der Waals surface area contributed by atoms with Crippen LogP contribution in [0.15, 0.2) is 12.2 Å². The second kappa shape index (κ2) is 4.03. The van der Waals surface area contributed by atoms with Crippen molar-refractivity contribution in [1.82, 2.24) is 0 Å². The minimum atomic E-state index is -1.82. The Labute approximate surface area is 58.7 Å². The van der Waals surface area contributed by atoms with Crippen molar-refractivity contribution in [3.63, 3.8) is 0 Å². The van der Waals surface area contributed by atoms with Crippen molar-refractivity contribution in [1.29, 1.82) is 0 Å². The van der Waals surface area contributed by atoms with Crippen LogP contribution in [-0.4, -0.2) is 29.1 Å². The number of aliphatic hydroxyl groups is 2. The Morgan fingerprint density at radius 3 is 2.50 bits per heavy atom. The molecule has 0 saturated heterocycles. The number of carbonyl (C=O) groups is 1. The van der Waals surface area contributed by atoms with E-state index in [1.807, 2.05) is 0 Å². The lowest BCUT2D eigenvalue weighted by atomic mass is 10.3. The van der Waals surface area contributed by atoms with Crippen LogP contribution in [0, 0.1) is 0 Å². The first kappa shape index (κ1) is 9.13. The number of hydrogen-bond donors (Lipinski definition) is 2. The third-order valence-electron chi connectivity index (χ3n) is 0.849. The smallest absolute Gasteiger partial charge is 0.338 e. The van der Waals surface area contributed by atoms with Crippen molar-refractivity contribution in [3.05, 3.63) is 12.2 Å². The molecule has 0 fully saturated rings. The maximum absolute atomic E-state index is 10.5. The molecule has 58 valence electrons. The summed E-state index contributed by atoms with van der Waals surface area (Å²) < 4.78 is 4.41. The topological polar surface area (TPSA) is 66.8 Å². The molecule has 0 bridgehead atoms. The zero-order valence-corrected chi connectivity index (χ0v) is 5.70. The summed E-state index contributed by atoms with van der Waals surface area (Å²) in [4.78, 5) is 10.5. The van der Waals surface area contributed by atoms with Gasteiger partial charge in [0.1, 0.15) is 0 Å². The summed E-state index contributed by atoms with van der Waals surface area (Å²) in [7, 11) is 0. The highest BCUT2D eigenvalue weighted by atomic mass is 16.5. The Bertz CT molecular complexity index is 139. The van der Waals surface area contributed by atoms with Crippen molar-refractivity contribution < 1.29 is 19.7 Å². The van der Waals surface area contributed by atoms with Crippen molar-refractivity contribution in [2.75, 3.05) is 6.61 Å². The highest BCUT2D eigenvalue weighted by molar-refractivity contribution is 5.88. The van der Waals surface area contributed by atoms with Gasteiger partial charge in [-0.1, -0.05) is 6.58 Å². The molecule has 2 N–H and O–H groups in total. The minimum Gasteiger partial charge on any atom is -0.463 e. The summed E-state index contributed by atoms with van der Waals surface area (Å²) in [6.07, 6.45) is -1.82. The van der Waals surface area contributed by atoms with Gasteiger partial charge in [0.05, 0.1) is 12.2 Å². The quantitative estimate of drug-likeness (QED) is 0.317. The SMILES string of the molecule is C=C(C(=O)OCC)C(O)O. The molecule has 0 rings (SSSR count). The normalized spacial score (nSPS) is 9.60. The third-order valence-corrected chi connectivity index (χ3v) is 0.849. The van der Waals surface area contributed by atoms with E-state index in [-0.39, 0.29) is 12.2 Å². The Morgan fingerprint density at radius 1 is 1.70 bits per heavy atom. The van der Waals surface area contributed by atoms with Gasteiger partial charge in [-0.25, -0.2) is 4.79 Å². The van der Waals surface area contributed by atoms with Gasteiger partial charge in [0.2, 0.25) is 0 Å². The first-order valence-electron chi connectivity index (χ1n) is 2.81. The maximum atomic E-state index is 10.5. The standard InChI is InChI=1S/C6H10O4/c1-3-10-6(9)4(2)5(7)8/h5,7-8H,2-3H2,1H3. The number of carbonyl (C=O) groups excluding carboxylic acids is 1. The highest BCUT2D eigenvalue weighted by Gasteiger charge is 2.13. The van der Waals surface area contributed by atoms with E-state index in [0.29, 0.717) is 0 Å². The molecule has 10 heavy (non-hydrogen) atoms. The van der Waals surface area contributed by atoms with Gasteiger partial charge in [0.25, 0.3) is 0 Å². The van der Waals surface area contributed by atoms with Gasteiger partial charge in [0, 0.05) is 0 Å². The van der Waals surface area contributed by atoms with Crippen LogP contribution in [0.25, 0.3) is 0 Å². The Kier molecular flexibility index (Phi) is 3.68. The van der Waals surface area contributed by atoms with Crippen LogP contribution in [0.3, 0.4) is 0 Å². The van der Waals surface area contributed by atoms with Crippen LogP contribution in [0.2, 0.25) is 0 Å². The number of rotatable bonds is 3. The predicted molar refractivity (Wildman–Crippen MR) is 34.0 cm³/mol. The van der Waals surface area contributed by atoms with Gasteiger partial charge in [-0.15, -0.1) is 0 Å². The molecule has 0 aliphatic rings. The number of hydrogen-bond acceptors (Lipinski definition) is 4. The van der Waals surface area contributed by atoms with Gasteiger partial charge in [-0.3, -0.25) is 0 Å². The molecule has 0 saturated carbocycles.